The van der Waals surface area contributed by atoms with E-state index in [-0.39, 0.29) is 5.75 Å². The molecule has 0 bridgehead atoms. The fraction of sp³-hybridized carbons (Fsp3) is 0.333. The Morgan fingerprint density at radius 2 is 2.33 bits per heavy atom. The molecule has 0 saturated carbocycles. The van der Waals surface area contributed by atoms with Gasteiger partial charge in [-0.3, -0.25) is 0 Å². The summed E-state index contributed by atoms with van der Waals surface area (Å²) in [4.78, 5) is 0. The summed E-state index contributed by atoms with van der Waals surface area (Å²) >= 11 is 5.97. The maximum absolute atomic E-state index is 9.59. The molecular weight excluding hydrogens is 210 g/mol. The van der Waals surface area contributed by atoms with E-state index in [0.29, 0.717) is 17.6 Å². The van der Waals surface area contributed by atoms with Crippen LogP contribution < -0.4 is 5.32 Å². The molecule has 1 unspecified atom stereocenters. The highest BCUT2D eigenvalue weighted by molar-refractivity contribution is 6.31. The van der Waals surface area contributed by atoms with Gasteiger partial charge >= 0.3 is 0 Å². The molecule has 0 saturated heterocycles. The van der Waals surface area contributed by atoms with E-state index in [4.69, 9.17) is 11.6 Å². The summed E-state index contributed by atoms with van der Waals surface area (Å²) in [5.41, 5.74) is 0.745. The van der Waals surface area contributed by atoms with Crippen molar-refractivity contribution < 1.29 is 5.11 Å². The SMILES string of the molecule is C=CCC(C)NCc1c(O)cccc1Cl. The third kappa shape index (κ3) is 3.57. The van der Waals surface area contributed by atoms with Crippen molar-refractivity contribution in [1.82, 2.24) is 5.32 Å². The third-order valence-electron chi connectivity index (χ3n) is 2.24. The summed E-state index contributed by atoms with van der Waals surface area (Å²) in [5.74, 6) is 0.237. The Balaban J connectivity index is 2.60. The average Bonchev–Trinajstić information content (AvgIpc) is 2.17. The number of hydrogen-bond donors (Lipinski definition) is 2. The molecule has 0 fully saturated rings. The molecule has 0 amide bonds. The van der Waals surface area contributed by atoms with Crippen LogP contribution in [0.15, 0.2) is 30.9 Å². The van der Waals surface area contributed by atoms with Crippen LogP contribution in [-0.2, 0) is 6.54 Å². The highest BCUT2D eigenvalue weighted by atomic mass is 35.5. The van der Waals surface area contributed by atoms with Gasteiger partial charge in [-0.2, -0.15) is 0 Å². The van der Waals surface area contributed by atoms with Gasteiger partial charge in [-0.05, 0) is 25.5 Å². The average molecular weight is 226 g/mol. The van der Waals surface area contributed by atoms with Gasteiger partial charge in [-0.15, -0.1) is 6.58 Å². The highest BCUT2D eigenvalue weighted by Gasteiger charge is 2.06. The van der Waals surface area contributed by atoms with Crippen LogP contribution in [0, 0.1) is 0 Å². The molecule has 0 spiro atoms. The first-order valence-corrected chi connectivity index (χ1v) is 5.33. The van der Waals surface area contributed by atoms with Gasteiger partial charge in [0.05, 0.1) is 0 Å². The van der Waals surface area contributed by atoms with Crippen LogP contribution >= 0.6 is 11.6 Å². The lowest BCUT2D eigenvalue weighted by atomic mass is 10.1. The molecule has 0 heterocycles. The second-order valence-electron chi connectivity index (χ2n) is 3.54. The van der Waals surface area contributed by atoms with Gasteiger partial charge in [-0.25, -0.2) is 0 Å². The molecule has 0 aliphatic heterocycles. The minimum absolute atomic E-state index is 0.237. The molecule has 0 aromatic heterocycles. The van der Waals surface area contributed by atoms with Gasteiger partial charge < -0.3 is 10.4 Å². The Bertz CT molecular complexity index is 318. The molecule has 0 aliphatic carbocycles. The number of hydrogen-bond acceptors (Lipinski definition) is 2. The topological polar surface area (TPSA) is 32.3 Å². The molecule has 15 heavy (non-hydrogen) atoms. The molecule has 0 aliphatic rings. The largest absolute Gasteiger partial charge is 0.508 e. The van der Waals surface area contributed by atoms with Crippen LogP contribution in [-0.4, -0.2) is 11.1 Å². The van der Waals surface area contributed by atoms with Gasteiger partial charge in [0.25, 0.3) is 0 Å². The van der Waals surface area contributed by atoms with Crippen molar-refractivity contribution in [3.05, 3.63) is 41.4 Å². The van der Waals surface area contributed by atoms with Crippen molar-refractivity contribution in [1.29, 1.82) is 0 Å². The molecule has 2 nitrogen and oxygen atoms in total. The highest BCUT2D eigenvalue weighted by Crippen LogP contribution is 2.24. The Hall–Kier alpha value is -0.990. The van der Waals surface area contributed by atoms with Crippen LogP contribution in [0.3, 0.4) is 0 Å². The summed E-state index contributed by atoms with van der Waals surface area (Å²) in [6.07, 6.45) is 2.76. The number of phenolic OH excluding ortho intramolecular Hbond substituents is 1. The first-order chi connectivity index (χ1) is 7.15. The fourth-order valence-electron chi connectivity index (χ4n) is 1.33. The fourth-order valence-corrected chi connectivity index (χ4v) is 1.57. The predicted molar refractivity (Wildman–Crippen MR) is 64.2 cm³/mol. The molecule has 3 heteroatoms. The van der Waals surface area contributed by atoms with Crippen LogP contribution in [0.1, 0.15) is 18.9 Å². The second-order valence-corrected chi connectivity index (χ2v) is 3.95. The van der Waals surface area contributed by atoms with Gasteiger partial charge in [0.1, 0.15) is 5.75 Å². The normalized spacial score (nSPS) is 12.4. The predicted octanol–water partition coefficient (Wildman–Crippen LogP) is 3.10. The minimum atomic E-state index is 0.237. The second kappa shape index (κ2) is 5.79. The van der Waals surface area contributed by atoms with E-state index in [1.807, 2.05) is 6.08 Å². The zero-order valence-corrected chi connectivity index (χ0v) is 9.59. The standard InChI is InChI=1S/C12H16ClNO/c1-3-5-9(2)14-8-10-11(13)6-4-7-12(10)15/h3-4,6-7,9,14-15H,1,5,8H2,2H3. The van der Waals surface area contributed by atoms with Crippen molar-refractivity contribution in [3.63, 3.8) is 0 Å². The molecule has 1 atom stereocenters. The van der Waals surface area contributed by atoms with Gasteiger partial charge in [0.2, 0.25) is 0 Å². The van der Waals surface area contributed by atoms with E-state index in [2.05, 4.69) is 18.8 Å². The number of phenols is 1. The van der Waals surface area contributed by atoms with Gasteiger partial charge in [-0.1, -0.05) is 23.7 Å². The minimum Gasteiger partial charge on any atom is -0.508 e. The lowest BCUT2D eigenvalue weighted by molar-refractivity contribution is 0.459. The molecule has 1 rings (SSSR count). The Morgan fingerprint density at radius 3 is 2.93 bits per heavy atom. The number of benzene rings is 1. The quantitative estimate of drug-likeness (QED) is 0.755. The Morgan fingerprint density at radius 1 is 1.60 bits per heavy atom. The summed E-state index contributed by atoms with van der Waals surface area (Å²) < 4.78 is 0. The lowest BCUT2D eigenvalue weighted by Crippen LogP contribution is -2.24. The van der Waals surface area contributed by atoms with Crippen molar-refractivity contribution in [2.75, 3.05) is 0 Å². The van der Waals surface area contributed by atoms with E-state index in [1.54, 1.807) is 18.2 Å². The molecule has 82 valence electrons. The number of nitrogens with one attached hydrogen (secondary N) is 1. The van der Waals surface area contributed by atoms with Crippen LogP contribution in [0.25, 0.3) is 0 Å². The van der Waals surface area contributed by atoms with Crippen molar-refractivity contribution >= 4 is 11.6 Å². The summed E-state index contributed by atoms with van der Waals surface area (Å²) in [7, 11) is 0. The Labute approximate surface area is 95.6 Å². The molecular formula is C12H16ClNO. The smallest absolute Gasteiger partial charge is 0.121 e. The van der Waals surface area contributed by atoms with E-state index in [1.165, 1.54) is 0 Å². The first kappa shape index (κ1) is 12.1. The van der Waals surface area contributed by atoms with Gasteiger partial charge in [0, 0.05) is 23.2 Å². The Kier molecular flexibility index (Phi) is 4.66. The van der Waals surface area contributed by atoms with Crippen LogP contribution in [0.2, 0.25) is 5.02 Å². The maximum Gasteiger partial charge on any atom is 0.121 e. The number of halogens is 1. The summed E-state index contributed by atoms with van der Waals surface area (Å²) in [6.45, 7) is 6.31. The monoisotopic (exact) mass is 225 g/mol. The van der Waals surface area contributed by atoms with E-state index in [0.717, 1.165) is 12.0 Å². The van der Waals surface area contributed by atoms with Crippen molar-refractivity contribution in [2.24, 2.45) is 0 Å². The number of rotatable bonds is 5. The van der Waals surface area contributed by atoms with Crippen LogP contribution in [0.4, 0.5) is 0 Å². The van der Waals surface area contributed by atoms with E-state index < -0.39 is 0 Å². The zero-order chi connectivity index (χ0) is 11.3. The van der Waals surface area contributed by atoms with Crippen molar-refractivity contribution in [3.8, 4) is 5.75 Å². The van der Waals surface area contributed by atoms with E-state index >= 15 is 0 Å². The van der Waals surface area contributed by atoms with Gasteiger partial charge in [0.15, 0.2) is 0 Å². The zero-order valence-electron chi connectivity index (χ0n) is 8.83. The molecule has 2 N–H and O–H groups in total. The third-order valence-corrected chi connectivity index (χ3v) is 2.60. The first-order valence-electron chi connectivity index (χ1n) is 4.95. The summed E-state index contributed by atoms with van der Waals surface area (Å²) in [5, 5.41) is 13.4. The van der Waals surface area contributed by atoms with E-state index in [9.17, 15) is 5.11 Å². The molecule has 1 aromatic carbocycles. The van der Waals surface area contributed by atoms with Crippen LogP contribution in [0.5, 0.6) is 5.75 Å². The summed E-state index contributed by atoms with van der Waals surface area (Å²) in [6, 6.07) is 5.48. The maximum atomic E-state index is 9.59. The number of aromatic hydroxyl groups is 1. The molecule has 1 aromatic rings. The van der Waals surface area contributed by atoms with Crippen molar-refractivity contribution in [2.45, 2.75) is 25.9 Å². The lowest BCUT2D eigenvalue weighted by Gasteiger charge is -2.13. The molecule has 0 radical (unpaired) electrons.